The fourth-order valence-electron chi connectivity index (χ4n) is 0.254. The molecular weight excluding hydrogens is 128 g/mol. The molecule has 2 heteroatoms. The largest absolute Gasteiger partial charge is 0.342 e. The summed E-state index contributed by atoms with van der Waals surface area (Å²) in [4.78, 5) is 9.74. The molecular formula is C8H16O2. The fraction of sp³-hybridized carbons (Fsp3) is 0.750. The molecule has 0 bridgehead atoms. The van der Waals surface area contributed by atoms with E-state index in [4.69, 9.17) is 9.78 Å². The van der Waals surface area contributed by atoms with Gasteiger partial charge in [0, 0.05) is 5.92 Å². The van der Waals surface area contributed by atoms with Gasteiger partial charge in [-0.3, -0.25) is 0 Å². The highest BCUT2D eigenvalue weighted by molar-refractivity contribution is 4.84. The van der Waals surface area contributed by atoms with E-state index < -0.39 is 0 Å². The zero-order valence-corrected chi connectivity index (χ0v) is 7.18. The molecule has 0 heterocycles. The quantitative estimate of drug-likeness (QED) is 0.343. The van der Waals surface area contributed by atoms with Crippen LogP contribution in [0.4, 0.5) is 0 Å². The second kappa shape index (κ2) is 4.34. The summed E-state index contributed by atoms with van der Waals surface area (Å²) in [5, 5.41) is 0. The average molecular weight is 144 g/mol. The molecule has 0 aliphatic heterocycles. The molecule has 0 rings (SSSR count). The minimum absolute atomic E-state index is 0.0931. The minimum atomic E-state index is 0.0931. The number of allylic oxidation sites excluding steroid dienone is 1. The molecule has 0 radical (unpaired) electrons. The van der Waals surface area contributed by atoms with Gasteiger partial charge >= 0.3 is 0 Å². The van der Waals surface area contributed by atoms with Gasteiger partial charge in [-0.2, -0.15) is 4.89 Å². The first-order chi connectivity index (χ1) is 4.54. The third-order valence-electron chi connectivity index (χ3n) is 0.992. The topological polar surface area (TPSA) is 18.5 Å². The lowest BCUT2D eigenvalue weighted by Crippen LogP contribution is -2.05. The Kier molecular flexibility index (Phi) is 4.12. The fourth-order valence-corrected chi connectivity index (χ4v) is 0.254. The summed E-state index contributed by atoms with van der Waals surface area (Å²) in [5.74, 6) is 0.993. The standard InChI is InChI=1S/C8H16O2/c1-6(2)8(5)10-9-7(3)4/h6-7H,5H2,1-4H3. The second-order valence-corrected chi connectivity index (χ2v) is 2.85. The maximum atomic E-state index is 4.87. The molecule has 60 valence electrons. The molecule has 0 unspecified atom stereocenters. The van der Waals surface area contributed by atoms with Gasteiger partial charge < -0.3 is 4.89 Å². The zero-order valence-electron chi connectivity index (χ0n) is 7.18. The molecule has 0 amide bonds. The maximum absolute atomic E-state index is 4.87. The Morgan fingerprint density at radius 1 is 1.20 bits per heavy atom. The van der Waals surface area contributed by atoms with Crippen molar-refractivity contribution in [3.63, 3.8) is 0 Å². The van der Waals surface area contributed by atoms with E-state index in [1.807, 2.05) is 27.7 Å². The summed E-state index contributed by atoms with van der Waals surface area (Å²) >= 11 is 0. The predicted octanol–water partition coefficient (Wildman–Crippen LogP) is 2.51. The summed E-state index contributed by atoms with van der Waals surface area (Å²) in [7, 11) is 0. The van der Waals surface area contributed by atoms with E-state index in [2.05, 4.69) is 6.58 Å². The second-order valence-electron chi connectivity index (χ2n) is 2.85. The number of hydrogen-bond donors (Lipinski definition) is 0. The van der Waals surface area contributed by atoms with E-state index in [1.165, 1.54) is 0 Å². The Hall–Kier alpha value is -0.500. The van der Waals surface area contributed by atoms with Crippen LogP contribution in [0, 0.1) is 5.92 Å². The van der Waals surface area contributed by atoms with Gasteiger partial charge in [0.15, 0.2) is 0 Å². The summed E-state index contributed by atoms with van der Waals surface area (Å²) in [5.41, 5.74) is 0. The van der Waals surface area contributed by atoms with Gasteiger partial charge in [0.1, 0.15) is 5.76 Å². The van der Waals surface area contributed by atoms with Crippen LogP contribution in [0.25, 0.3) is 0 Å². The van der Waals surface area contributed by atoms with E-state index in [0.29, 0.717) is 11.7 Å². The molecule has 0 saturated heterocycles. The lowest BCUT2D eigenvalue weighted by Gasteiger charge is -2.11. The van der Waals surface area contributed by atoms with Crippen LogP contribution in [0.15, 0.2) is 12.3 Å². The normalized spacial score (nSPS) is 10.6. The van der Waals surface area contributed by atoms with Gasteiger partial charge in [0.25, 0.3) is 0 Å². The molecule has 0 aromatic rings. The molecule has 0 fully saturated rings. The third kappa shape index (κ3) is 4.39. The molecule has 0 aliphatic carbocycles. The van der Waals surface area contributed by atoms with Crippen molar-refractivity contribution in [3.8, 4) is 0 Å². The minimum Gasteiger partial charge on any atom is -0.342 e. The molecule has 0 aliphatic rings. The van der Waals surface area contributed by atoms with E-state index in [1.54, 1.807) is 0 Å². The Morgan fingerprint density at radius 2 is 1.70 bits per heavy atom. The van der Waals surface area contributed by atoms with Crippen molar-refractivity contribution in [2.75, 3.05) is 0 Å². The van der Waals surface area contributed by atoms with Crippen molar-refractivity contribution >= 4 is 0 Å². The molecule has 10 heavy (non-hydrogen) atoms. The van der Waals surface area contributed by atoms with Gasteiger partial charge in [-0.15, -0.1) is 0 Å². The van der Waals surface area contributed by atoms with Crippen molar-refractivity contribution in [2.24, 2.45) is 5.92 Å². The molecule has 0 aromatic heterocycles. The molecule has 0 atom stereocenters. The highest BCUT2D eigenvalue weighted by Crippen LogP contribution is 2.09. The zero-order chi connectivity index (χ0) is 8.15. The van der Waals surface area contributed by atoms with Crippen LogP contribution in [0.2, 0.25) is 0 Å². The van der Waals surface area contributed by atoms with Crippen LogP contribution in [0.1, 0.15) is 27.7 Å². The molecule has 0 N–H and O–H groups in total. The van der Waals surface area contributed by atoms with Crippen molar-refractivity contribution in [1.29, 1.82) is 0 Å². The lowest BCUT2D eigenvalue weighted by atomic mass is 10.2. The molecule has 0 saturated carbocycles. The Bertz CT molecular complexity index is 106. The first-order valence-corrected chi connectivity index (χ1v) is 3.56. The van der Waals surface area contributed by atoms with Crippen LogP contribution < -0.4 is 0 Å². The molecule has 0 aromatic carbocycles. The summed E-state index contributed by atoms with van der Waals surface area (Å²) in [6, 6.07) is 0. The van der Waals surface area contributed by atoms with Gasteiger partial charge in [0.2, 0.25) is 0 Å². The Balaban J connectivity index is 3.40. The first-order valence-electron chi connectivity index (χ1n) is 3.56. The summed E-state index contributed by atoms with van der Waals surface area (Å²) in [6.45, 7) is 11.5. The van der Waals surface area contributed by atoms with Crippen molar-refractivity contribution in [2.45, 2.75) is 33.8 Å². The third-order valence-corrected chi connectivity index (χ3v) is 0.992. The van der Waals surface area contributed by atoms with E-state index in [0.717, 1.165) is 0 Å². The molecule has 0 spiro atoms. The number of hydrogen-bond acceptors (Lipinski definition) is 2. The van der Waals surface area contributed by atoms with E-state index >= 15 is 0 Å². The SMILES string of the molecule is C=C(OOC(C)C)C(C)C. The van der Waals surface area contributed by atoms with Crippen LogP contribution in [-0.4, -0.2) is 6.10 Å². The Labute approximate surface area is 62.8 Å². The van der Waals surface area contributed by atoms with E-state index in [9.17, 15) is 0 Å². The van der Waals surface area contributed by atoms with Crippen molar-refractivity contribution in [3.05, 3.63) is 12.3 Å². The highest BCUT2D eigenvalue weighted by Gasteiger charge is 2.02. The Morgan fingerprint density at radius 3 is 2.00 bits per heavy atom. The van der Waals surface area contributed by atoms with Gasteiger partial charge in [-0.05, 0) is 13.8 Å². The van der Waals surface area contributed by atoms with Gasteiger partial charge in [-0.1, -0.05) is 20.4 Å². The van der Waals surface area contributed by atoms with Crippen LogP contribution in [0.3, 0.4) is 0 Å². The van der Waals surface area contributed by atoms with Crippen molar-refractivity contribution in [1.82, 2.24) is 0 Å². The average Bonchev–Trinajstić information content (AvgIpc) is 1.82. The summed E-state index contributed by atoms with van der Waals surface area (Å²) < 4.78 is 0. The number of rotatable bonds is 4. The lowest BCUT2D eigenvalue weighted by molar-refractivity contribution is -0.290. The predicted molar refractivity (Wildman–Crippen MR) is 41.3 cm³/mol. The van der Waals surface area contributed by atoms with Crippen molar-refractivity contribution < 1.29 is 9.78 Å². The summed E-state index contributed by atoms with van der Waals surface area (Å²) in [6.07, 6.45) is 0.0931. The van der Waals surface area contributed by atoms with E-state index in [-0.39, 0.29) is 6.10 Å². The smallest absolute Gasteiger partial charge is 0.137 e. The van der Waals surface area contributed by atoms with Crippen LogP contribution >= 0.6 is 0 Å². The maximum Gasteiger partial charge on any atom is 0.137 e. The molecule has 2 nitrogen and oxygen atoms in total. The van der Waals surface area contributed by atoms with Gasteiger partial charge in [0.05, 0.1) is 6.10 Å². The first kappa shape index (κ1) is 9.50. The monoisotopic (exact) mass is 144 g/mol. The van der Waals surface area contributed by atoms with Crippen LogP contribution in [0.5, 0.6) is 0 Å². The van der Waals surface area contributed by atoms with Crippen LogP contribution in [-0.2, 0) is 9.78 Å². The van der Waals surface area contributed by atoms with Gasteiger partial charge in [-0.25, -0.2) is 0 Å². The highest BCUT2D eigenvalue weighted by atomic mass is 17.2.